The van der Waals surface area contributed by atoms with E-state index in [9.17, 15) is 9.59 Å². The van der Waals surface area contributed by atoms with Gasteiger partial charge in [0.1, 0.15) is 5.82 Å². The lowest BCUT2D eigenvalue weighted by molar-refractivity contribution is -0.117. The predicted molar refractivity (Wildman–Crippen MR) is 83.7 cm³/mol. The molecule has 2 rings (SSSR count). The molecule has 96 valence electrons. The van der Waals surface area contributed by atoms with Gasteiger partial charge in [-0.1, -0.05) is 11.8 Å². The average molecular weight is 441 g/mol. The molecule has 1 fully saturated rings. The minimum atomic E-state index is 0.0292. The number of halogens is 2. The Morgan fingerprint density at radius 1 is 1.67 bits per heavy atom. The summed E-state index contributed by atoms with van der Waals surface area (Å²) in [6, 6.07) is 1.92. The van der Waals surface area contributed by atoms with Gasteiger partial charge >= 0.3 is 0 Å². The van der Waals surface area contributed by atoms with Gasteiger partial charge in [-0.15, -0.1) is 0 Å². The van der Waals surface area contributed by atoms with Gasteiger partial charge in [0, 0.05) is 35.8 Å². The van der Waals surface area contributed by atoms with Crippen LogP contribution in [0.2, 0.25) is 0 Å². The molecule has 1 aliphatic heterocycles. The molecule has 2 heterocycles. The number of amides is 1. The zero-order valence-electron chi connectivity index (χ0n) is 9.52. The third kappa shape index (κ3) is 3.24. The van der Waals surface area contributed by atoms with E-state index in [0.717, 1.165) is 8.04 Å². The van der Waals surface area contributed by atoms with Crippen molar-refractivity contribution in [3.8, 4) is 0 Å². The molecular formula is C11H10BrIN2O2S. The zero-order valence-corrected chi connectivity index (χ0v) is 14.1. The van der Waals surface area contributed by atoms with Crippen LogP contribution in [0.5, 0.6) is 0 Å². The van der Waals surface area contributed by atoms with Gasteiger partial charge in [-0.2, -0.15) is 0 Å². The summed E-state index contributed by atoms with van der Waals surface area (Å²) in [6.45, 7) is 2.08. The second-order valence-corrected chi connectivity index (χ2v) is 7.45. The number of hydrogen-bond donors (Lipinski definition) is 0. The molecule has 1 amide bonds. The fourth-order valence-corrected chi connectivity index (χ4v) is 4.24. The average Bonchev–Trinajstić information content (AvgIpc) is 2.58. The summed E-state index contributed by atoms with van der Waals surface area (Å²) in [6.07, 6.45) is 2.08. The molecule has 0 aromatic carbocycles. The smallest absolute Gasteiger partial charge is 0.229 e. The predicted octanol–water partition coefficient (Wildman–Crippen LogP) is 2.83. The first-order chi connectivity index (χ1) is 8.47. The Morgan fingerprint density at radius 2 is 2.39 bits per heavy atom. The Bertz CT molecular complexity index is 512. The lowest BCUT2D eigenvalue weighted by Crippen LogP contribution is -2.26. The van der Waals surface area contributed by atoms with Gasteiger partial charge in [-0.25, -0.2) is 4.98 Å². The summed E-state index contributed by atoms with van der Waals surface area (Å²) in [5.74, 6) is 0.706. The summed E-state index contributed by atoms with van der Waals surface area (Å²) in [4.78, 5) is 29.0. The van der Waals surface area contributed by atoms with Crippen molar-refractivity contribution in [2.24, 2.45) is 0 Å². The van der Waals surface area contributed by atoms with Gasteiger partial charge in [-0.3, -0.25) is 14.5 Å². The van der Waals surface area contributed by atoms with Crippen LogP contribution >= 0.6 is 50.3 Å². The van der Waals surface area contributed by atoms with E-state index in [1.54, 1.807) is 11.1 Å². The van der Waals surface area contributed by atoms with E-state index in [2.05, 4.69) is 43.5 Å². The minimum absolute atomic E-state index is 0.0292. The number of hydrogen-bond acceptors (Lipinski definition) is 4. The second kappa shape index (κ2) is 5.87. The molecule has 4 nitrogen and oxygen atoms in total. The van der Waals surface area contributed by atoms with Crippen LogP contribution in [0.15, 0.2) is 16.7 Å². The van der Waals surface area contributed by atoms with E-state index in [4.69, 9.17) is 0 Å². The van der Waals surface area contributed by atoms with Crippen molar-refractivity contribution in [1.29, 1.82) is 0 Å². The Morgan fingerprint density at radius 3 is 3.00 bits per heavy atom. The highest BCUT2D eigenvalue weighted by molar-refractivity contribution is 14.1. The molecule has 0 saturated carbocycles. The van der Waals surface area contributed by atoms with Crippen LogP contribution in [0, 0.1) is 3.57 Å². The van der Waals surface area contributed by atoms with Gasteiger partial charge < -0.3 is 0 Å². The molecule has 0 radical (unpaired) electrons. The van der Waals surface area contributed by atoms with E-state index in [0.29, 0.717) is 18.8 Å². The zero-order chi connectivity index (χ0) is 13.3. The maximum Gasteiger partial charge on any atom is 0.229 e. The van der Waals surface area contributed by atoms with E-state index >= 15 is 0 Å². The van der Waals surface area contributed by atoms with Crippen LogP contribution in [0.25, 0.3) is 0 Å². The molecule has 0 aliphatic carbocycles. The van der Waals surface area contributed by atoms with Crippen LogP contribution < -0.4 is 4.90 Å². The van der Waals surface area contributed by atoms with Gasteiger partial charge in [0.15, 0.2) is 5.12 Å². The number of nitrogens with zero attached hydrogens (tertiary/aromatic N) is 2. The Balaban J connectivity index is 2.19. The van der Waals surface area contributed by atoms with Crippen LogP contribution in [0.1, 0.15) is 13.3 Å². The van der Waals surface area contributed by atoms with Crippen molar-refractivity contribution in [3.05, 3.63) is 20.3 Å². The van der Waals surface area contributed by atoms with Crippen molar-refractivity contribution in [3.63, 3.8) is 0 Å². The van der Waals surface area contributed by atoms with Crippen LogP contribution in [0.3, 0.4) is 0 Å². The molecule has 1 aromatic heterocycles. The van der Waals surface area contributed by atoms with Crippen LogP contribution in [-0.2, 0) is 9.59 Å². The summed E-state index contributed by atoms with van der Waals surface area (Å²) in [5.41, 5.74) is 0. The molecule has 1 aliphatic rings. The maximum absolute atomic E-state index is 12.0. The van der Waals surface area contributed by atoms with Crippen molar-refractivity contribution < 1.29 is 9.59 Å². The second-order valence-electron chi connectivity index (χ2n) is 3.90. The third-order valence-corrected chi connectivity index (χ3v) is 4.67. The highest BCUT2D eigenvalue weighted by Crippen LogP contribution is 2.30. The molecule has 0 bridgehead atoms. The fraction of sp³-hybridized carbons (Fsp3) is 0.364. The lowest BCUT2D eigenvalue weighted by atomic mass is 10.4. The Hall–Kier alpha value is -0.150. The van der Waals surface area contributed by atoms with Gasteiger partial charge in [0.05, 0.1) is 3.57 Å². The normalized spacial score (nSPS) is 19.4. The largest absolute Gasteiger partial charge is 0.295 e. The number of pyridine rings is 1. The minimum Gasteiger partial charge on any atom is -0.295 e. The molecule has 1 aromatic rings. The topological polar surface area (TPSA) is 50.3 Å². The summed E-state index contributed by atoms with van der Waals surface area (Å²) >= 11 is 6.74. The van der Waals surface area contributed by atoms with Gasteiger partial charge in [0.25, 0.3) is 0 Å². The lowest BCUT2D eigenvalue weighted by Gasteiger charge is -2.16. The molecule has 1 atom stereocenters. The molecular weight excluding hydrogens is 431 g/mol. The standard InChI is InChI=1S/C11H10BrIN2O2S/c1-6(16)18-8-3-10(17)15(5-8)11-9(13)2-7(12)4-14-11/h2,4,8H,3,5H2,1H3. The quantitative estimate of drug-likeness (QED) is 0.663. The number of anilines is 1. The fourth-order valence-electron chi connectivity index (χ4n) is 1.80. The number of aromatic nitrogens is 1. The van der Waals surface area contributed by atoms with Crippen LogP contribution in [0.4, 0.5) is 5.82 Å². The first-order valence-electron chi connectivity index (χ1n) is 5.26. The number of carbonyl (C=O) groups is 2. The highest BCUT2D eigenvalue weighted by Gasteiger charge is 2.33. The molecule has 1 unspecified atom stereocenters. The third-order valence-electron chi connectivity index (χ3n) is 2.47. The van der Waals surface area contributed by atoms with Crippen molar-refractivity contribution >= 4 is 67.1 Å². The van der Waals surface area contributed by atoms with E-state index < -0.39 is 0 Å². The maximum atomic E-state index is 12.0. The van der Waals surface area contributed by atoms with Gasteiger partial charge in [0.2, 0.25) is 5.91 Å². The van der Waals surface area contributed by atoms with E-state index in [1.165, 1.54) is 18.7 Å². The first-order valence-corrected chi connectivity index (χ1v) is 8.01. The van der Waals surface area contributed by atoms with Gasteiger partial charge in [-0.05, 0) is 44.6 Å². The Labute approximate surface area is 131 Å². The first kappa shape index (κ1) is 14.3. The van der Waals surface area contributed by atoms with Crippen LogP contribution in [-0.4, -0.2) is 27.8 Å². The number of rotatable bonds is 2. The van der Waals surface area contributed by atoms with E-state index in [-0.39, 0.29) is 16.3 Å². The molecule has 0 spiro atoms. The van der Waals surface area contributed by atoms with Crippen molar-refractivity contribution in [2.45, 2.75) is 18.6 Å². The Kier molecular flexibility index (Phi) is 4.65. The van der Waals surface area contributed by atoms with Crippen molar-refractivity contribution in [1.82, 2.24) is 4.98 Å². The number of carbonyl (C=O) groups excluding carboxylic acids is 2. The SMILES string of the molecule is CC(=O)SC1CC(=O)N(c2ncc(Br)cc2I)C1. The monoisotopic (exact) mass is 440 g/mol. The van der Waals surface area contributed by atoms with Crippen molar-refractivity contribution in [2.75, 3.05) is 11.4 Å². The summed E-state index contributed by atoms with van der Waals surface area (Å²) in [5, 5.41) is 0.0874. The molecule has 7 heteroatoms. The van der Waals surface area contributed by atoms with E-state index in [1.807, 2.05) is 6.07 Å². The molecule has 1 saturated heterocycles. The molecule has 0 N–H and O–H groups in total. The molecule has 18 heavy (non-hydrogen) atoms. The summed E-state index contributed by atoms with van der Waals surface area (Å²) in [7, 11) is 0. The highest BCUT2D eigenvalue weighted by atomic mass is 127. The number of thioether (sulfide) groups is 1. The summed E-state index contributed by atoms with van der Waals surface area (Å²) < 4.78 is 1.81.